The maximum Gasteiger partial charge on any atom is 0.323 e. The average molecular weight is 1320 g/mol. The zero-order chi connectivity index (χ0) is 64.9. The van der Waals surface area contributed by atoms with Crippen LogP contribution in [0.2, 0.25) is 0 Å². The van der Waals surface area contributed by atoms with Gasteiger partial charge in [-0.25, -0.2) is 0 Å². The molecule has 1 saturated carbocycles. The Kier molecular flexibility index (Phi) is 24.9. The van der Waals surface area contributed by atoms with Gasteiger partial charge in [0.1, 0.15) is 39.3 Å². The number of anilines is 4. The molecule has 1 aliphatic rings. The Bertz CT molecular complexity index is 3760. The van der Waals surface area contributed by atoms with Crippen LogP contribution in [0, 0.1) is 23.7 Å². The van der Waals surface area contributed by atoms with E-state index in [1.54, 1.807) is 18.2 Å². The van der Waals surface area contributed by atoms with Crippen LogP contribution in [0.5, 0.6) is 0 Å². The van der Waals surface area contributed by atoms with Gasteiger partial charge in [0.05, 0.1) is 18.3 Å². The summed E-state index contributed by atoms with van der Waals surface area (Å²) in [7, 11) is 0. The number of aromatic nitrogens is 8. The first kappa shape index (κ1) is 67.9. The molecule has 4 aromatic heterocycles. The molecule has 1 aliphatic carbocycles. The lowest BCUT2D eigenvalue weighted by Crippen LogP contribution is -2.38. The quantitative estimate of drug-likeness (QED) is 0.0149. The molecule has 4 heterocycles. The first-order valence-corrected chi connectivity index (χ1v) is 34.2. The summed E-state index contributed by atoms with van der Waals surface area (Å²) in [6.45, 7) is 7.08. The number of hydrogen-bond donors (Lipinski definition) is 5. The predicted octanol–water partition coefficient (Wildman–Crippen LogP) is 11.3. The maximum absolute atomic E-state index is 14.4. The second-order valence-corrected chi connectivity index (χ2v) is 27.6. The van der Waals surface area contributed by atoms with E-state index in [0.29, 0.717) is 80.7 Å². The van der Waals surface area contributed by atoms with Crippen LogP contribution in [0.4, 0.5) is 20.5 Å². The number of carbonyl (C=O) groups is 7. The molecule has 0 aliphatic heterocycles. The summed E-state index contributed by atoms with van der Waals surface area (Å²) in [4.78, 5) is 93.7. The van der Waals surface area contributed by atoms with Gasteiger partial charge in [-0.05, 0) is 84.2 Å². The highest BCUT2D eigenvalue weighted by atomic mass is 32.1. The van der Waals surface area contributed by atoms with Crippen molar-refractivity contribution in [1.82, 2.24) is 40.8 Å². The molecule has 22 nitrogen and oxygen atoms in total. The lowest BCUT2D eigenvalue weighted by atomic mass is 9.75. The van der Waals surface area contributed by atoms with Gasteiger partial charge < -0.3 is 25.8 Å². The highest BCUT2D eigenvalue weighted by molar-refractivity contribution is 7.16. The van der Waals surface area contributed by atoms with Crippen molar-refractivity contribution in [2.75, 3.05) is 34.5 Å². The third-order valence-electron chi connectivity index (χ3n) is 15.5. The number of amides is 4. The van der Waals surface area contributed by atoms with Gasteiger partial charge in [0.2, 0.25) is 44.2 Å². The van der Waals surface area contributed by atoms with Gasteiger partial charge in [0, 0.05) is 49.5 Å². The summed E-state index contributed by atoms with van der Waals surface area (Å²) in [5, 5.41) is 50.1. The number of nitrogens with zero attached hydrogens (tertiary/aromatic N) is 8. The van der Waals surface area contributed by atoms with Gasteiger partial charge in [0.15, 0.2) is 5.78 Å². The van der Waals surface area contributed by atoms with E-state index in [9.17, 15) is 33.6 Å². The molecule has 26 heteroatoms. The van der Waals surface area contributed by atoms with Crippen molar-refractivity contribution in [3.63, 3.8) is 0 Å². The molecule has 2 unspecified atom stereocenters. The summed E-state index contributed by atoms with van der Waals surface area (Å²) in [5.74, 6) is -5.13. The van der Waals surface area contributed by atoms with Gasteiger partial charge in [-0.15, -0.1) is 40.8 Å². The molecule has 6 N–H and O–H groups in total. The molecule has 4 aromatic carbocycles. The Balaban J connectivity index is 0.745. The van der Waals surface area contributed by atoms with E-state index >= 15 is 0 Å². The van der Waals surface area contributed by atoms with E-state index in [-0.39, 0.29) is 55.5 Å². The minimum absolute atomic E-state index is 0.0577. The highest BCUT2D eigenvalue weighted by Crippen LogP contribution is 2.36. The SMILES string of the molecule is CC(C)CC(=O)OCC(C(=O)Nc1nnc(CCCCc2nnc(NC(=O)C(COC(=O)[C@@H](N)C(C)C)c3ccccc3)s2)s1)c1ccc(-c2cccc(C(=O)[C@H]3CCCC[C@@H]3C(=O)Nc3nnc(CCCCc4nnc(NC(=O)Cc5ccccc5)s4)s3)c2)cc1. The third kappa shape index (κ3) is 20.0. The predicted molar refractivity (Wildman–Crippen MR) is 355 cm³/mol. The fraction of sp³-hybridized carbons (Fsp3) is 0.409. The van der Waals surface area contributed by atoms with E-state index in [4.69, 9.17) is 15.2 Å². The van der Waals surface area contributed by atoms with Gasteiger partial charge in [0.25, 0.3) is 0 Å². The van der Waals surface area contributed by atoms with E-state index < -0.39 is 53.5 Å². The number of carbonyl (C=O) groups excluding carboxylic acids is 7. The monoisotopic (exact) mass is 1320 g/mol. The third-order valence-corrected chi connectivity index (χ3v) is 19.1. The molecule has 0 radical (unpaired) electrons. The normalized spacial score (nSPS) is 14.9. The Morgan fingerprint density at radius 3 is 1.52 bits per heavy atom. The molecule has 4 amide bonds. The van der Waals surface area contributed by atoms with Crippen molar-refractivity contribution in [3.8, 4) is 11.1 Å². The molecule has 0 spiro atoms. The molecule has 9 rings (SSSR count). The van der Waals surface area contributed by atoms with Crippen molar-refractivity contribution in [2.45, 2.75) is 135 Å². The maximum atomic E-state index is 14.4. The van der Waals surface area contributed by atoms with Crippen LogP contribution in [-0.2, 0) is 70.3 Å². The van der Waals surface area contributed by atoms with E-state index in [1.165, 1.54) is 45.3 Å². The van der Waals surface area contributed by atoms with E-state index in [0.717, 1.165) is 70.2 Å². The summed E-state index contributed by atoms with van der Waals surface area (Å²) in [6.07, 6.45) is 8.89. The molecular weight excluding hydrogens is 1250 g/mol. The Morgan fingerprint density at radius 2 is 1.00 bits per heavy atom. The van der Waals surface area contributed by atoms with Crippen LogP contribution in [0.15, 0.2) is 109 Å². The average Bonchev–Trinajstić information content (AvgIpc) is 1.05. The van der Waals surface area contributed by atoms with Crippen LogP contribution in [0.1, 0.15) is 144 Å². The second kappa shape index (κ2) is 33.8. The number of hydrogen-bond acceptors (Lipinski definition) is 22. The zero-order valence-electron chi connectivity index (χ0n) is 51.7. The minimum Gasteiger partial charge on any atom is -0.464 e. The first-order valence-electron chi connectivity index (χ1n) is 30.9. The Labute approximate surface area is 549 Å². The number of unbranched alkanes of at least 4 members (excludes halogenated alkanes) is 2. The van der Waals surface area contributed by atoms with Crippen LogP contribution in [0.3, 0.4) is 0 Å². The zero-order valence-corrected chi connectivity index (χ0v) is 55.0. The van der Waals surface area contributed by atoms with E-state index in [2.05, 4.69) is 62.1 Å². The van der Waals surface area contributed by atoms with Gasteiger partial charge in [-0.2, -0.15) is 0 Å². The summed E-state index contributed by atoms with van der Waals surface area (Å²) in [6, 6.07) is 32.4. The number of esters is 2. The molecule has 482 valence electrons. The van der Waals surface area contributed by atoms with Crippen LogP contribution >= 0.6 is 45.3 Å². The standard InChI is InChI=1S/C66H75N13O9S4/c1-39(2)34-56(81)87-37-49(60(84)70-65-78-74-54(91-65)28-15-16-29-55-75-79-66(92-55)71-61(85)50(43-20-9-6-10-21-43)38-88-62(86)57(67)40(3)4)44-32-30-42(31-33-44)45-22-17-23-46(36-45)58(82)47-24-11-12-25-48(47)59(83)69-64-77-73-53(90-64)27-14-13-26-52-72-76-63(89-52)68-51(80)35-41-18-7-5-8-19-41/h5-10,17-23,30-33,36,39-40,47-50,57H,11-16,24-29,34-35,37-38,67H2,1-4H3,(H,68,76,80)(H,69,77,83)(H,70,78,84)(H,71,79,85)/t47-,48-,49?,50?,57-/m0/s1. The topological polar surface area (TPSA) is 315 Å². The lowest BCUT2D eigenvalue weighted by molar-refractivity contribution is -0.148. The number of ketones is 1. The van der Waals surface area contributed by atoms with Crippen molar-refractivity contribution in [2.24, 2.45) is 29.4 Å². The van der Waals surface area contributed by atoms with Gasteiger partial charge in [-0.3, -0.25) is 44.2 Å². The fourth-order valence-corrected chi connectivity index (χ4v) is 13.6. The first-order chi connectivity index (χ1) is 44.5. The second-order valence-electron chi connectivity index (χ2n) is 23.4. The van der Waals surface area contributed by atoms with Crippen molar-refractivity contribution < 1.29 is 43.0 Å². The van der Waals surface area contributed by atoms with Crippen molar-refractivity contribution in [1.29, 1.82) is 0 Å². The molecular formula is C66H75N13O9S4. The van der Waals surface area contributed by atoms with Gasteiger partial charge in [-0.1, -0.05) is 189 Å². The molecule has 8 aromatic rings. The number of nitrogens with two attached hydrogens (primary N) is 1. The summed E-state index contributed by atoms with van der Waals surface area (Å²) < 4.78 is 11.1. The van der Waals surface area contributed by atoms with Crippen LogP contribution in [-0.4, -0.2) is 101 Å². The minimum atomic E-state index is -0.889. The lowest BCUT2D eigenvalue weighted by Gasteiger charge is -2.29. The van der Waals surface area contributed by atoms with E-state index in [1.807, 2.05) is 119 Å². The number of aryl methyl sites for hydroxylation is 4. The smallest absolute Gasteiger partial charge is 0.323 e. The van der Waals surface area contributed by atoms with Crippen LogP contribution < -0.4 is 27.0 Å². The number of ether oxygens (including phenoxy) is 2. The molecule has 92 heavy (non-hydrogen) atoms. The molecule has 0 saturated heterocycles. The molecule has 1 fully saturated rings. The highest BCUT2D eigenvalue weighted by Gasteiger charge is 2.37. The number of Topliss-reactive ketones (excluding diaryl/α,β-unsaturated/α-hetero) is 1. The summed E-state index contributed by atoms with van der Waals surface area (Å²) >= 11 is 5.21. The fourth-order valence-electron chi connectivity index (χ4n) is 10.4. The largest absolute Gasteiger partial charge is 0.464 e. The Morgan fingerprint density at radius 1 is 0.522 bits per heavy atom. The van der Waals surface area contributed by atoms with Crippen LogP contribution in [0.25, 0.3) is 11.1 Å². The number of nitrogens with one attached hydrogen (secondary N) is 4. The number of benzene rings is 4. The summed E-state index contributed by atoms with van der Waals surface area (Å²) in [5.41, 5.74) is 10.2. The van der Waals surface area contributed by atoms with Crippen molar-refractivity contribution in [3.05, 3.63) is 151 Å². The van der Waals surface area contributed by atoms with Gasteiger partial charge >= 0.3 is 11.9 Å². The molecule has 5 atom stereocenters. The number of rotatable bonds is 32. The van der Waals surface area contributed by atoms with Crippen molar-refractivity contribution >= 4 is 107 Å². The molecule has 0 bridgehead atoms. The Hall–Kier alpha value is -8.43.